The molecule has 4 aromatic rings. The van der Waals surface area contributed by atoms with E-state index in [4.69, 9.17) is 13.9 Å². The minimum Gasteiger partial charge on any atom is -0.493 e. The van der Waals surface area contributed by atoms with Crippen molar-refractivity contribution in [2.45, 2.75) is 38.1 Å². The Bertz CT molecular complexity index is 1390. The highest BCUT2D eigenvalue weighted by molar-refractivity contribution is 5.81. The van der Waals surface area contributed by atoms with Crippen LogP contribution in [0.15, 0.2) is 51.9 Å². The van der Waals surface area contributed by atoms with Crippen molar-refractivity contribution in [3.63, 3.8) is 0 Å². The fourth-order valence-corrected chi connectivity index (χ4v) is 4.67. The highest BCUT2D eigenvalue weighted by atomic mass is 16.5. The van der Waals surface area contributed by atoms with Crippen LogP contribution in [-0.4, -0.2) is 52.7 Å². The Labute approximate surface area is 202 Å². The lowest BCUT2D eigenvalue weighted by Gasteiger charge is -2.31. The molecule has 9 nitrogen and oxygen atoms in total. The van der Waals surface area contributed by atoms with E-state index < -0.39 is 0 Å². The first kappa shape index (κ1) is 22.9. The SMILES string of the molecule is COc1cc2ncn(CCCC(=O)N3CCCC(c4nc5ccccc5o4)C3)c(=O)c2cc1OC. The number of hydrogen-bond acceptors (Lipinski definition) is 7. The maximum absolute atomic E-state index is 13.0. The van der Waals surface area contributed by atoms with Crippen LogP contribution in [-0.2, 0) is 11.3 Å². The lowest BCUT2D eigenvalue weighted by atomic mass is 9.97. The molecule has 2 aromatic heterocycles. The van der Waals surface area contributed by atoms with Crippen LogP contribution in [0.1, 0.15) is 37.5 Å². The van der Waals surface area contributed by atoms with Crippen LogP contribution < -0.4 is 15.0 Å². The lowest BCUT2D eigenvalue weighted by molar-refractivity contribution is -0.132. The Morgan fingerprint density at radius 2 is 1.94 bits per heavy atom. The van der Waals surface area contributed by atoms with E-state index in [1.54, 1.807) is 23.8 Å². The topological polar surface area (TPSA) is 99.7 Å². The average Bonchev–Trinajstić information content (AvgIpc) is 3.34. The second-order valence-electron chi connectivity index (χ2n) is 8.77. The molecule has 35 heavy (non-hydrogen) atoms. The number of amides is 1. The van der Waals surface area contributed by atoms with Crippen LogP contribution in [0.3, 0.4) is 0 Å². The molecule has 182 valence electrons. The number of aromatic nitrogens is 3. The predicted molar refractivity (Wildman–Crippen MR) is 131 cm³/mol. The summed E-state index contributed by atoms with van der Waals surface area (Å²) in [6, 6.07) is 11.0. The summed E-state index contributed by atoms with van der Waals surface area (Å²) in [5, 5.41) is 0.452. The molecule has 0 saturated carbocycles. The molecular weight excluding hydrogens is 448 g/mol. The van der Waals surface area contributed by atoms with Crippen molar-refractivity contribution in [2.24, 2.45) is 0 Å². The number of para-hydroxylation sites is 2. The van der Waals surface area contributed by atoms with E-state index in [0.717, 1.165) is 30.5 Å². The maximum Gasteiger partial charge on any atom is 0.261 e. The van der Waals surface area contributed by atoms with Crippen molar-refractivity contribution in [3.05, 3.63) is 59.0 Å². The third-order valence-corrected chi connectivity index (χ3v) is 6.55. The number of carbonyl (C=O) groups excluding carboxylic acids is 1. The number of nitrogens with zero attached hydrogens (tertiary/aromatic N) is 4. The maximum atomic E-state index is 13.0. The van der Waals surface area contributed by atoms with E-state index in [1.165, 1.54) is 13.4 Å². The van der Waals surface area contributed by atoms with Gasteiger partial charge in [0.05, 0.1) is 37.4 Å². The largest absolute Gasteiger partial charge is 0.493 e. The number of hydrogen-bond donors (Lipinski definition) is 0. The van der Waals surface area contributed by atoms with Crippen LogP contribution in [0.2, 0.25) is 0 Å². The molecule has 5 rings (SSSR count). The minimum atomic E-state index is -0.169. The monoisotopic (exact) mass is 476 g/mol. The van der Waals surface area contributed by atoms with Gasteiger partial charge in [-0.3, -0.25) is 14.2 Å². The molecule has 1 atom stereocenters. The zero-order valence-electron chi connectivity index (χ0n) is 19.9. The second kappa shape index (κ2) is 9.77. The second-order valence-corrected chi connectivity index (χ2v) is 8.77. The normalized spacial score (nSPS) is 16.1. The van der Waals surface area contributed by atoms with Crippen molar-refractivity contribution < 1.29 is 18.7 Å². The van der Waals surface area contributed by atoms with Gasteiger partial charge >= 0.3 is 0 Å². The van der Waals surface area contributed by atoms with Gasteiger partial charge in [0, 0.05) is 32.1 Å². The molecule has 0 radical (unpaired) electrons. The van der Waals surface area contributed by atoms with Gasteiger partial charge < -0.3 is 18.8 Å². The van der Waals surface area contributed by atoms with Gasteiger partial charge in [-0.25, -0.2) is 9.97 Å². The van der Waals surface area contributed by atoms with Gasteiger partial charge in [0.15, 0.2) is 23.0 Å². The van der Waals surface area contributed by atoms with Gasteiger partial charge in [-0.2, -0.15) is 0 Å². The summed E-state index contributed by atoms with van der Waals surface area (Å²) < 4.78 is 18.1. The van der Waals surface area contributed by atoms with Gasteiger partial charge in [0.2, 0.25) is 5.91 Å². The summed E-state index contributed by atoms with van der Waals surface area (Å²) in [6.45, 7) is 1.74. The Kier molecular flexibility index (Phi) is 6.39. The van der Waals surface area contributed by atoms with Crippen molar-refractivity contribution in [1.82, 2.24) is 19.4 Å². The smallest absolute Gasteiger partial charge is 0.261 e. The van der Waals surface area contributed by atoms with Gasteiger partial charge in [0.25, 0.3) is 5.56 Å². The molecule has 9 heteroatoms. The van der Waals surface area contributed by atoms with Crippen molar-refractivity contribution in [3.8, 4) is 11.5 Å². The van der Waals surface area contributed by atoms with Crippen LogP contribution in [0, 0.1) is 0 Å². The van der Waals surface area contributed by atoms with Crippen LogP contribution >= 0.6 is 0 Å². The molecule has 1 aliphatic heterocycles. The zero-order chi connectivity index (χ0) is 24.4. The molecule has 1 unspecified atom stereocenters. The van der Waals surface area contributed by atoms with Crippen molar-refractivity contribution in [1.29, 1.82) is 0 Å². The van der Waals surface area contributed by atoms with E-state index in [2.05, 4.69) is 9.97 Å². The van der Waals surface area contributed by atoms with Crippen molar-refractivity contribution in [2.75, 3.05) is 27.3 Å². The molecule has 0 spiro atoms. The number of methoxy groups -OCH3 is 2. The van der Waals surface area contributed by atoms with E-state index in [0.29, 0.717) is 54.2 Å². The number of ether oxygens (including phenoxy) is 2. The van der Waals surface area contributed by atoms with Gasteiger partial charge in [-0.1, -0.05) is 12.1 Å². The first-order chi connectivity index (χ1) is 17.1. The number of oxazole rings is 1. The zero-order valence-corrected chi connectivity index (χ0v) is 19.9. The Balaban J connectivity index is 1.22. The van der Waals surface area contributed by atoms with E-state index >= 15 is 0 Å². The van der Waals surface area contributed by atoms with Crippen molar-refractivity contribution >= 4 is 27.9 Å². The summed E-state index contributed by atoms with van der Waals surface area (Å²) >= 11 is 0. The molecule has 3 heterocycles. The molecular formula is C26H28N4O5. The highest BCUT2D eigenvalue weighted by Gasteiger charge is 2.27. The average molecular weight is 477 g/mol. The standard InChI is InChI=1S/C26H28N4O5/c1-33-22-13-18-20(14-23(22)34-2)27-16-30(26(18)32)12-6-10-24(31)29-11-5-7-17(15-29)25-28-19-8-3-4-9-21(19)35-25/h3-4,8-9,13-14,16-17H,5-7,10-12,15H2,1-2H3. The molecule has 1 amide bonds. The summed E-state index contributed by atoms with van der Waals surface area (Å²) in [5.41, 5.74) is 1.99. The molecule has 0 N–H and O–H groups in total. The fraction of sp³-hybridized carbons (Fsp3) is 0.385. The summed E-state index contributed by atoms with van der Waals surface area (Å²) in [6.07, 6.45) is 4.28. The minimum absolute atomic E-state index is 0.0824. The number of benzene rings is 2. The quantitative estimate of drug-likeness (QED) is 0.401. The Morgan fingerprint density at radius 1 is 1.14 bits per heavy atom. The summed E-state index contributed by atoms with van der Waals surface area (Å²) in [4.78, 5) is 36.8. The highest BCUT2D eigenvalue weighted by Crippen LogP contribution is 2.30. The van der Waals surface area contributed by atoms with Crippen LogP contribution in [0.4, 0.5) is 0 Å². The number of carbonyl (C=O) groups is 1. The third-order valence-electron chi connectivity index (χ3n) is 6.55. The first-order valence-corrected chi connectivity index (χ1v) is 11.8. The van der Waals surface area contributed by atoms with E-state index in [9.17, 15) is 9.59 Å². The number of piperidine rings is 1. The Morgan fingerprint density at radius 3 is 2.74 bits per heavy atom. The molecule has 2 aromatic carbocycles. The molecule has 1 saturated heterocycles. The molecule has 0 aliphatic carbocycles. The number of rotatable bonds is 7. The van der Waals surface area contributed by atoms with Gasteiger partial charge in [0.1, 0.15) is 5.52 Å². The van der Waals surface area contributed by atoms with E-state index in [-0.39, 0.29) is 17.4 Å². The summed E-state index contributed by atoms with van der Waals surface area (Å²) in [5.74, 6) is 1.88. The fourth-order valence-electron chi connectivity index (χ4n) is 4.67. The molecule has 1 fully saturated rings. The molecule has 1 aliphatic rings. The first-order valence-electron chi connectivity index (χ1n) is 11.8. The Hall–Kier alpha value is -3.88. The van der Waals surface area contributed by atoms with Gasteiger partial charge in [-0.05, 0) is 37.5 Å². The lowest BCUT2D eigenvalue weighted by Crippen LogP contribution is -2.39. The predicted octanol–water partition coefficient (Wildman–Crippen LogP) is 3.74. The van der Waals surface area contributed by atoms with Gasteiger partial charge in [-0.15, -0.1) is 0 Å². The molecule has 0 bridgehead atoms. The number of likely N-dealkylation sites (tertiary alicyclic amines) is 1. The number of aryl methyl sites for hydroxylation is 1. The third kappa shape index (κ3) is 4.58. The van der Waals surface area contributed by atoms with Crippen LogP contribution in [0.5, 0.6) is 11.5 Å². The van der Waals surface area contributed by atoms with Crippen LogP contribution in [0.25, 0.3) is 22.0 Å². The summed E-state index contributed by atoms with van der Waals surface area (Å²) in [7, 11) is 3.07. The van der Waals surface area contributed by atoms with E-state index in [1.807, 2.05) is 29.2 Å². The number of fused-ring (bicyclic) bond motifs is 2.